The van der Waals surface area contributed by atoms with Crippen molar-refractivity contribution in [3.8, 4) is 11.5 Å². The third kappa shape index (κ3) is 3.16. The van der Waals surface area contributed by atoms with E-state index in [-0.39, 0.29) is 5.82 Å². The number of carbonyl (C=O) groups is 1. The Bertz CT molecular complexity index is 1010. The summed E-state index contributed by atoms with van der Waals surface area (Å²) in [5.74, 6) is 2.09. The molecule has 0 aliphatic carbocycles. The van der Waals surface area contributed by atoms with E-state index in [2.05, 4.69) is 25.5 Å². The Kier molecular flexibility index (Phi) is 3.80. The fourth-order valence-corrected chi connectivity index (χ4v) is 2.37. The number of carbonyl (C=O) groups excluding carboxylic acids is 1. The molecule has 0 spiro atoms. The number of aromatic nitrogens is 4. The highest BCUT2D eigenvalue weighted by Gasteiger charge is 2.09. The lowest BCUT2D eigenvalue weighted by Gasteiger charge is -2.09. The van der Waals surface area contributed by atoms with Crippen LogP contribution in [0, 0.1) is 0 Å². The number of hydrogen-bond acceptors (Lipinski definition) is 6. The van der Waals surface area contributed by atoms with Crippen LogP contribution >= 0.6 is 0 Å². The summed E-state index contributed by atoms with van der Waals surface area (Å²) in [5.41, 5.74) is 1.31. The van der Waals surface area contributed by atoms with Gasteiger partial charge in [0.1, 0.15) is 17.3 Å². The number of aromatic amines is 1. The fraction of sp³-hybridized carbons (Fsp3) is 0. The average molecular weight is 331 g/mol. The topological polar surface area (TPSA) is 92.8 Å². The number of hydrogen-bond donors (Lipinski definition) is 2. The molecule has 0 saturated carbocycles. The van der Waals surface area contributed by atoms with Crippen LogP contribution in [0.5, 0.6) is 11.5 Å². The first-order valence-corrected chi connectivity index (χ1v) is 7.58. The first-order valence-electron chi connectivity index (χ1n) is 7.58. The highest BCUT2D eigenvalue weighted by molar-refractivity contribution is 5.90. The molecule has 2 aromatic carbocycles. The van der Waals surface area contributed by atoms with E-state index in [1.54, 1.807) is 6.20 Å². The predicted octanol–water partition coefficient (Wildman–Crippen LogP) is 3.70. The Morgan fingerprint density at radius 2 is 1.72 bits per heavy atom. The molecule has 0 aliphatic rings. The zero-order chi connectivity index (χ0) is 17.1. The zero-order valence-electron chi connectivity index (χ0n) is 13.0. The summed E-state index contributed by atoms with van der Waals surface area (Å²) in [6.45, 7) is 0. The lowest BCUT2D eigenvalue weighted by molar-refractivity contribution is 0.111. The van der Waals surface area contributed by atoms with Crippen LogP contribution in [-0.4, -0.2) is 26.5 Å². The number of rotatable bonds is 5. The van der Waals surface area contributed by atoms with E-state index in [0.717, 1.165) is 17.2 Å². The van der Waals surface area contributed by atoms with Crippen LogP contribution in [-0.2, 0) is 0 Å². The van der Waals surface area contributed by atoms with Crippen LogP contribution in [0.4, 0.5) is 11.5 Å². The lowest BCUT2D eigenvalue weighted by atomic mass is 10.3. The number of ether oxygens (including phenoxy) is 1. The predicted molar refractivity (Wildman–Crippen MR) is 93.3 cm³/mol. The number of fused-ring (bicyclic) bond motifs is 1. The number of nitrogens with one attached hydrogen (secondary N) is 2. The molecule has 0 bridgehead atoms. The standard InChI is InChI=1S/C18H13N5O2/c24-11-16-21-17(15-10-19-23-18(15)22-16)20-12-6-8-14(9-7-12)25-13-4-2-1-3-5-13/h1-11H,(H2,19,20,21,22,23). The van der Waals surface area contributed by atoms with Crippen LogP contribution in [0.25, 0.3) is 11.0 Å². The molecule has 7 heteroatoms. The average Bonchev–Trinajstić information content (AvgIpc) is 3.13. The smallest absolute Gasteiger partial charge is 0.196 e. The zero-order valence-corrected chi connectivity index (χ0v) is 13.0. The van der Waals surface area contributed by atoms with Gasteiger partial charge in [-0.3, -0.25) is 9.89 Å². The number of nitrogens with zero attached hydrogens (tertiary/aromatic N) is 3. The molecule has 0 unspecified atom stereocenters. The van der Waals surface area contributed by atoms with Crippen molar-refractivity contribution in [3.05, 3.63) is 66.6 Å². The van der Waals surface area contributed by atoms with Gasteiger partial charge in [-0.05, 0) is 36.4 Å². The number of anilines is 2. The van der Waals surface area contributed by atoms with Crippen molar-refractivity contribution < 1.29 is 9.53 Å². The van der Waals surface area contributed by atoms with E-state index in [0.29, 0.717) is 23.1 Å². The number of benzene rings is 2. The normalized spacial score (nSPS) is 10.6. The molecular weight excluding hydrogens is 318 g/mol. The minimum Gasteiger partial charge on any atom is -0.457 e. The van der Waals surface area contributed by atoms with Crippen molar-refractivity contribution >= 4 is 28.8 Å². The van der Waals surface area contributed by atoms with Gasteiger partial charge in [-0.25, -0.2) is 9.97 Å². The van der Waals surface area contributed by atoms with Crippen molar-refractivity contribution in [2.24, 2.45) is 0 Å². The monoisotopic (exact) mass is 331 g/mol. The first kappa shape index (κ1) is 14.8. The third-order valence-corrected chi connectivity index (χ3v) is 3.53. The van der Waals surface area contributed by atoms with Gasteiger partial charge in [0.2, 0.25) is 0 Å². The molecule has 0 fully saturated rings. The summed E-state index contributed by atoms with van der Waals surface area (Å²) in [7, 11) is 0. The van der Waals surface area contributed by atoms with Gasteiger partial charge in [-0.15, -0.1) is 0 Å². The maximum Gasteiger partial charge on any atom is 0.196 e. The van der Waals surface area contributed by atoms with Gasteiger partial charge in [-0.2, -0.15) is 5.10 Å². The van der Waals surface area contributed by atoms with Gasteiger partial charge in [0.05, 0.1) is 11.6 Å². The van der Waals surface area contributed by atoms with Gasteiger partial charge in [0.25, 0.3) is 0 Å². The number of para-hydroxylation sites is 1. The molecule has 4 rings (SSSR count). The Labute approximate surface area is 142 Å². The largest absolute Gasteiger partial charge is 0.457 e. The Balaban J connectivity index is 1.57. The summed E-state index contributed by atoms with van der Waals surface area (Å²) in [6, 6.07) is 17.0. The minimum absolute atomic E-state index is 0.0864. The second-order valence-electron chi connectivity index (χ2n) is 5.25. The van der Waals surface area contributed by atoms with Crippen molar-refractivity contribution in [1.82, 2.24) is 20.2 Å². The minimum atomic E-state index is 0.0864. The Hall–Kier alpha value is -3.74. The molecule has 7 nitrogen and oxygen atoms in total. The molecule has 4 aromatic rings. The Morgan fingerprint density at radius 1 is 0.960 bits per heavy atom. The van der Waals surface area contributed by atoms with E-state index in [4.69, 9.17) is 4.74 Å². The summed E-state index contributed by atoms with van der Waals surface area (Å²) < 4.78 is 5.76. The maximum absolute atomic E-state index is 11.0. The summed E-state index contributed by atoms with van der Waals surface area (Å²) in [6.07, 6.45) is 2.21. The lowest BCUT2D eigenvalue weighted by Crippen LogP contribution is -2.00. The van der Waals surface area contributed by atoms with Crippen molar-refractivity contribution in [3.63, 3.8) is 0 Å². The molecule has 0 amide bonds. The highest BCUT2D eigenvalue weighted by Crippen LogP contribution is 2.26. The van der Waals surface area contributed by atoms with Crippen LogP contribution in [0.2, 0.25) is 0 Å². The van der Waals surface area contributed by atoms with Crippen LogP contribution in [0.15, 0.2) is 60.8 Å². The van der Waals surface area contributed by atoms with Gasteiger partial charge >= 0.3 is 0 Å². The molecule has 2 N–H and O–H groups in total. The van der Waals surface area contributed by atoms with Gasteiger partial charge in [0.15, 0.2) is 17.8 Å². The van der Waals surface area contributed by atoms with E-state index < -0.39 is 0 Å². The molecule has 2 aromatic heterocycles. The van der Waals surface area contributed by atoms with Crippen LogP contribution in [0.3, 0.4) is 0 Å². The first-order chi connectivity index (χ1) is 12.3. The molecule has 2 heterocycles. The number of aldehydes is 1. The van der Waals surface area contributed by atoms with Crippen LogP contribution < -0.4 is 10.1 Å². The van der Waals surface area contributed by atoms with Crippen LogP contribution in [0.1, 0.15) is 10.6 Å². The molecule has 0 saturated heterocycles. The summed E-state index contributed by atoms with van der Waals surface area (Å²) >= 11 is 0. The van der Waals surface area contributed by atoms with Crippen molar-refractivity contribution in [2.45, 2.75) is 0 Å². The van der Waals surface area contributed by atoms with Gasteiger partial charge in [-0.1, -0.05) is 18.2 Å². The van der Waals surface area contributed by atoms with Gasteiger partial charge in [0, 0.05) is 5.69 Å². The second-order valence-corrected chi connectivity index (χ2v) is 5.25. The molecule has 0 aliphatic heterocycles. The summed E-state index contributed by atoms with van der Waals surface area (Å²) in [4.78, 5) is 19.2. The molecule has 122 valence electrons. The van der Waals surface area contributed by atoms with Gasteiger partial charge < -0.3 is 10.1 Å². The maximum atomic E-state index is 11.0. The summed E-state index contributed by atoms with van der Waals surface area (Å²) in [5, 5.41) is 10.6. The van der Waals surface area contributed by atoms with E-state index >= 15 is 0 Å². The molecule has 0 radical (unpaired) electrons. The van der Waals surface area contributed by atoms with E-state index in [1.165, 1.54) is 0 Å². The highest BCUT2D eigenvalue weighted by atomic mass is 16.5. The van der Waals surface area contributed by atoms with E-state index in [9.17, 15) is 4.79 Å². The molecular formula is C18H13N5O2. The molecule has 0 atom stereocenters. The number of H-pyrrole nitrogens is 1. The quantitative estimate of drug-likeness (QED) is 0.542. The Morgan fingerprint density at radius 3 is 2.48 bits per heavy atom. The van der Waals surface area contributed by atoms with Crippen molar-refractivity contribution in [2.75, 3.05) is 5.32 Å². The second kappa shape index (κ2) is 6.40. The van der Waals surface area contributed by atoms with E-state index in [1.807, 2.05) is 54.6 Å². The molecule has 25 heavy (non-hydrogen) atoms. The van der Waals surface area contributed by atoms with Crippen molar-refractivity contribution in [1.29, 1.82) is 0 Å². The third-order valence-electron chi connectivity index (χ3n) is 3.53. The SMILES string of the molecule is O=Cc1nc(Nc2ccc(Oc3ccccc3)cc2)c2cn[nH]c2n1. The fourth-order valence-electron chi connectivity index (χ4n) is 2.37.